The minimum atomic E-state index is 0.871. The number of pyridine rings is 1. The van der Waals surface area contributed by atoms with Gasteiger partial charge < -0.3 is 10.3 Å². The minimum Gasteiger partial charge on any atom is -0.361 e. The van der Waals surface area contributed by atoms with E-state index in [9.17, 15) is 0 Å². The van der Waals surface area contributed by atoms with Gasteiger partial charge in [0.1, 0.15) is 5.82 Å². The molecule has 2 aromatic heterocycles. The van der Waals surface area contributed by atoms with Gasteiger partial charge in [-0.3, -0.25) is 0 Å². The van der Waals surface area contributed by atoms with Crippen molar-refractivity contribution in [3.63, 3.8) is 0 Å². The molecule has 3 rings (SSSR count). The van der Waals surface area contributed by atoms with E-state index < -0.39 is 0 Å². The summed E-state index contributed by atoms with van der Waals surface area (Å²) in [5.74, 6) is 0.871. The maximum absolute atomic E-state index is 4.28. The second-order valence-corrected chi connectivity index (χ2v) is 4.12. The largest absolute Gasteiger partial charge is 0.361 e. The smallest absolute Gasteiger partial charge is 0.130 e. The molecule has 0 aliphatic carbocycles. The molecular formula is C16H19N3. The molecule has 3 heteroatoms. The van der Waals surface area contributed by atoms with Crippen molar-refractivity contribution in [2.75, 3.05) is 5.32 Å². The minimum absolute atomic E-state index is 0.871. The van der Waals surface area contributed by atoms with Gasteiger partial charge in [0.15, 0.2) is 0 Å². The number of rotatable bonds is 2. The Morgan fingerprint density at radius 1 is 1.05 bits per heavy atom. The molecule has 2 heterocycles. The molecule has 0 aliphatic heterocycles. The van der Waals surface area contributed by atoms with Crippen LogP contribution in [0, 0.1) is 6.92 Å². The fourth-order valence-electron chi connectivity index (χ4n) is 1.88. The summed E-state index contributed by atoms with van der Waals surface area (Å²) in [7, 11) is 0. The van der Waals surface area contributed by atoms with Crippen molar-refractivity contribution in [3.05, 3.63) is 54.4 Å². The van der Waals surface area contributed by atoms with Gasteiger partial charge in [-0.1, -0.05) is 19.9 Å². The lowest BCUT2D eigenvalue weighted by Gasteiger charge is -2.06. The van der Waals surface area contributed by atoms with Crippen LogP contribution in [-0.2, 0) is 0 Å². The number of aromatic nitrogens is 2. The zero-order chi connectivity index (χ0) is 13.7. The predicted molar refractivity (Wildman–Crippen MR) is 81.9 cm³/mol. The van der Waals surface area contributed by atoms with Gasteiger partial charge in [0.05, 0.1) is 0 Å². The molecule has 3 nitrogen and oxygen atoms in total. The Labute approximate surface area is 113 Å². The van der Waals surface area contributed by atoms with Gasteiger partial charge in [-0.05, 0) is 48.2 Å². The molecule has 0 aliphatic rings. The van der Waals surface area contributed by atoms with Crippen LogP contribution in [0.15, 0.2) is 48.8 Å². The quantitative estimate of drug-likeness (QED) is 0.698. The third-order valence-corrected chi connectivity index (χ3v) is 2.74. The molecule has 98 valence electrons. The van der Waals surface area contributed by atoms with Crippen LogP contribution < -0.4 is 5.32 Å². The molecule has 0 atom stereocenters. The zero-order valence-electron chi connectivity index (χ0n) is 11.6. The Morgan fingerprint density at radius 3 is 2.68 bits per heavy atom. The summed E-state index contributed by atoms with van der Waals surface area (Å²) in [6.45, 7) is 6.06. The van der Waals surface area contributed by atoms with Crippen LogP contribution in [-0.4, -0.2) is 9.97 Å². The van der Waals surface area contributed by atoms with Crippen LogP contribution in [0.2, 0.25) is 0 Å². The maximum atomic E-state index is 4.28. The van der Waals surface area contributed by atoms with E-state index >= 15 is 0 Å². The van der Waals surface area contributed by atoms with Crippen molar-refractivity contribution in [3.8, 4) is 0 Å². The SMILES string of the molecule is CC.Cc1ccnc(Nc2ccc3cc[nH]c3c2)c1. The molecule has 0 saturated heterocycles. The third-order valence-electron chi connectivity index (χ3n) is 2.74. The lowest BCUT2D eigenvalue weighted by molar-refractivity contribution is 1.27. The highest BCUT2D eigenvalue weighted by molar-refractivity contribution is 5.83. The second-order valence-electron chi connectivity index (χ2n) is 4.12. The molecule has 19 heavy (non-hydrogen) atoms. The Balaban J connectivity index is 0.000000637. The van der Waals surface area contributed by atoms with Crippen LogP contribution in [0.25, 0.3) is 10.9 Å². The lowest BCUT2D eigenvalue weighted by atomic mass is 10.2. The topological polar surface area (TPSA) is 40.7 Å². The Hall–Kier alpha value is -2.29. The van der Waals surface area contributed by atoms with Gasteiger partial charge in [0, 0.05) is 23.6 Å². The van der Waals surface area contributed by atoms with Crippen molar-refractivity contribution < 1.29 is 0 Å². The van der Waals surface area contributed by atoms with Crippen molar-refractivity contribution in [2.24, 2.45) is 0 Å². The highest BCUT2D eigenvalue weighted by Crippen LogP contribution is 2.20. The number of benzene rings is 1. The average molecular weight is 253 g/mol. The first-order valence-electron chi connectivity index (χ1n) is 6.58. The predicted octanol–water partition coefficient (Wildman–Crippen LogP) is 4.64. The van der Waals surface area contributed by atoms with E-state index in [-0.39, 0.29) is 0 Å². The summed E-state index contributed by atoms with van der Waals surface area (Å²) < 4.78 is 0. The van der Waals surface area contributed by atoms with Gasteiger partial charge in [-0.15, -0.1) is 0 Å². The molecule has 3 aromatic rings. The van der Waals surface area contributed by atoms with Gasteiger partial charge >= 0.3 is 0 Å². The summed E-state index contributed by atoms with van der Waals surface area (Å²) in [6, 6.07) is 12.3. The number of fused-ring (bicyclic) bond motifs is 1. The fourth-order valence-corrected chi connectivity index (χ4v) is 1.88. The Morgan fingerprint density at radius 2 is 1.89 bits per heavy atom. The number of hydrogen-bond donors (Lipinski definition) is 2. The van der Waals surface area contributed by atoms with Crippen molar-refractivity contribution in [1.82, 2.24) is 9.97 Å². The number of nitrogens with one attached hydrogen (secondary N) is 2. The first-order valence-corrected chi connectivity index (χ1v) is 6.58. The van der Waals surface area contributed by atoms with Crippen molar-refractivity contribution >= 4 is 22.4 Å². The normalized spacial score (nSPS) is 9.84. The lowest BCUT2D eigenvalue weighted by Crippen LogP contribution is -1.93. The van der Waals surface area contributed by atoms with Crippen LogP contribution in [0.1, 0.15) is 19.4 Å². The zero-order valence-corrected chi connectivity index (χ0v) is 11.6. The number of hydrogen-bond acceptors (Lipinski definition) is 2. The number of aromatic amines is 1. The molecule has 0 bridgehead atoms. The van der Waals surface area contributed by atoms with Crippen LogP contribution >= 0.6 is 0 Å². The van der Waals surface area contributed by atoms with Gasteiger partial charge in [-0.25, -0.2) is 4.98 Å². The van der Waals surface area contributed by atoms with Gasteiger partial charge in [0.25, 0.3) is 0 Å². The highest BCUT2D eigenvalue weighted by atomic mass is 15.0. The molecular weight excluding hydrogens is 234 g/mol. The van der Waals surface area contributed by atoms with Crippen molar-refractivity contribution in [2.45, 2.75) is 20.8 Å². The molecule has 0 amide bonds. The first kappa shape index (κ1) is 13.1. The van der Waals surface area contributed by atoms with E-state index in [0.717, 1.165) is 17.0 Å². The maximum Gasteiger partial charge on any atom is 0.130 e. The summed E-state index contributed by atoms with van der Waals surface area (Å²) in [5, 5.41) is 4.51. The number of anilines is 2. The standard InChI is InChI=1S/C14H13N3.C2H6/c1-10-4-6-16-14(8-10)17-12-3-2-11-5-7-15-13(11)9-12;1-2/h2-9,15H,1H3,(H,16,17);1-2H3. The number of H-pyrrole nitrogens is 1. The number of aryl methyl sites for hydroxylation is 1. The molecule has 0 radical (unpaired) electrons. The fraction of sp³-hybridized carbons (Fsp3) is 0.188. The summed E-state index contributed by atoms with van der Waals surface area (Å²) >= 11 is 0. The van der Waals surface area contributed by atoms with E-state index in [2.05, 4.69) is 46.5 Å². The molecule has 1 aromatic carbocycles. The Kier molecular flexibility index (Phi) is 4.18. The van der Waals surface area contributed by atoms with Crippen molar-refractivity contribution in [1.29, 1.82) is 0 Å². The molecule has 2 N–H and O–H groups in total. The molecule has 0 fully saturated rings. The third kappa shape index (κ3) is 3.13. The Bertz CT molecular complexity index is 656. The van der Waals surface area contributed by atoms with Gasteiger partial charge in [-0.2, -0.15) is 0 Å². The summed E-state index contributed by atoms with van der Waals surface area (Å²) in [6.07, 6.45) is 3.75. The van der Waals surface area contributed by atoms with Crippen LogP contribution in [0.3, 0.4) is 0 Å². The van der Waals surface area contributed by atoms with Crippen LogP contribution in [0.5, 0.6) is 0 Å². The summed E-state index contributed by atoms with van der Waals surface area (Å²) in [5.41, 5.74) is 3.36. The highest BCUT2D eigenvalue weighted by Gasteiger charge is 1.99. The number of nitrogens with zero attached hydrogens (tertiary/aromatic N) is 1. The van der Waals surface area contributed by atoms with E-state index in [1.807, 2.05) is 38.4 Å². The van der Waals surface area contributed by atoms with E-state index in [1.54, 1.807) is 0 Å². The van der Waals surface area contributed by atoms with E-state index in [4.69, 9.17) is 0 Å². The average Bonchev–Trinajstić information content (AvgIpc) is 2.88. The van der Waals surface area contributed by atoms with Gasteiger partial charge in [0.2, 0.25) is 0 Å². The van der Waals surface area contributed by atoms with E-state index in [1.165, 1.54) is 10.9 Å². The molecule has 0 unspecified atom stereocenters. The van der Waals surface area contributed by atoms with E-state index in [0.29, 0.717) is 0 Å². The van der Waals surface area contributed by atoms with Crippen LogP contribution in [0.4, 0.5) is 11.5 Å². The molecule has 0 saturated carbocycles. The monoisotopic (exact) mass is 253 g/mol. The second kappa shape index (κ2) is 6.05. The summed E-state index contributed by atoms with van der Waals surface area (Å²) in [4.78, 5) is 7.48. The molecule has 0 spiro atoms. The first-order chi connectivity index (χ1) is 9.31.